The van der Waals surface area contributed by atoms with Crippen molar-refractivity contribution >= 4 is 38.6 Å². The predicted octanol–water partition coefficient (Wildman–Crippen LogP) is 1.32. The van der Waals surface area contributed by atoms with Crippen LogP contribution in [0.25, 0.3) is 10.8 Å². The van der Waals surface area contributed by atoms with Gasteiger partial charge in [0.1, 0.15) is 0 Å². The van der Waals surface area contributed by atoms with Crippen LogP contribution in [0.3, 0.4) is 0 Å². The molecule has 30 heavy (non-hydrogen) atoms. The van der Waals surface area contributed by atoms with E-state index in [1.165, 1.54) is 16.4 Å². The van der Waals surface area contributed by atoms with Crippen LogP contribution in [0.2, 0.25) is 0 Å². The quantitative estimate of drug-likeness (QED) is 0.683. The van der Waals surface area contributed by atoms with Gasteiger partial charge in [-0.05, 0) is 30.0 Å². The predicted molar refractivity (Wildman–Crippen MR) is 106 cm³/mol. The minimum absolute atomic E-state index is 0.0164. The van der Waals surface area contributed by atoms with Crippen LogP contribution in [0.15, 0.2) is 35.2 Å². The lowest BCUT2D eigenvalue weighted by atomic mass is 9.94. The number of benzene rings is 2. The van der Waals surface area contributed by atoms with Crippen LogP contribution in [0.4, 0.5) is 0 Å². The number of sulfonamides is 1. The van der Waals surface area contributed by atoms with Crippen LogP contribution in [0.1, 0.15) is 33.6 Å². The first kappa shape index (κ1) is 20.5. The van der Waals surface area contributed by atoms with Gasteiger partial charge in [0.15, 0.2) is 0 Å². The number of carboxylic acid groups (broad SMARTS) is 1. The molecular weight excluding hydrogens is 412 g/mol. The summed E-state index contributed by atoms with van der Waals surface area (Å²) in [6, 6.07) is 7.68. The molecule has 2 aliphatic heterocycles. The Bertz CT molecular complexity index is 1150. The van der Waals surface area contributed by atoms with Gasteiger partial charge in [-0.2, -0.15) is 4.31 Å². The molecule has 0 aromatic heterocycles. The minimum Gasteiger partial charge on any atom is -0.481 e. The molecule has 0 bridgehead atoms. The maximum absolute atomic E-state index is 13.1. The van der Waals surface area contributed by atoms with Crippen molar-refractivity contribution < 1.29 is 32.6 Å². The van der Waals surface area contributed by atoms with E-state index in [0.29, 0.717) is 29.5 Å². The van der Waals surface area contributed by atoms with Crippen molar-refractivity contribution in [1.29, 1.82) is 0 Å². The number of carbonyl (C=O) groups excluding carboxylic acids is 2. The standard InChI is InChI=1S/C20H20N2O7S/c23-17(24)5-2-6-22-19(25)15-4-1-3-13-11-14(12-16(18(13)15)20(22)26)30(27,28)21-7-9-29-10-8-21/h1,3-4,11-12H,2,5-10H2,(H,23,24). The first-order valence-corrected chi connectivity index (χ1v) is 11.0. The molecule has 9 nitrogen and oxygen atoms in total. The fourth-order valence-corrected chi connectivity index (χ4v) is 5.28. The number of nitrogens with zero attached hydrogens (tertiary/aromatic N) is 2. The number of hydrogen-bond acceptors (Lipinski definition) is 6. The molecule has 0 spiro atoms. The third-order valence-corrected chi connectivity index (χ3v) is 7.16. The molecule has 0 atom stereocenters. The molecular formula is C20H20N2O7S. The third kappa shape index (κ3) is 3.47. The molecule has 4 rings (SSSR count). The van der Waals surface area contributed by atoms with E-state index in [1.54, 1.807) is 18.2 Å². The van der Waals surface area contributed by atoms with E-state index >= 15 is 0 Å². The van der Waals surface area contributed by atoms with E-state index in [9.17, 15) is 22.8 Å². The Labute approximate surface area is 172 Å². The van der Waals surface area contributed by atoms with Crippen LogP contribution in [0.5, 0.6) is 0 Å². The van der Waals surface area contributed by atoms with Crippen LogP contribution in [0, 0.1) is 0 Å². The number of carbonyl (C=O) groups is 3. The second kappa shape index (κ2) is 7.78. The average Bonchev–Trinajstić information content (AvgIpc) is 2.74. The van der Waals surface area contributed by atoms with Gasteiger partial charge in [0.05, 0.1) is 18.1 Å². The highest BCUT2D eigenvalue weighted by atomic mass is 32.2. The lowest BCUT2D eigenvalue weighted by Crippen LogP contribution is -2.42. The molecule has 2 heterocycles. The highest BCUT2D eigenvalue weighted by Gasteiger charge is 2.35. The second-order valence-electron chi connectivity index (χ2n) is 7.15. The van der Waals surface area contributed by atoms with Crippen molar-refractivity contribution in [2.45, 2.75) is 17.7 Å². The first-order chi connectivity index (χ1) is 14.3. The van der Waals surface area contributed by atoms with Crippen molar-refractivity contribution in [2.24, 2.45) is 0 Å². The molecule has 2 aromatic carbocycles. The third-order valence-electron chi connectivity index (χ3n) is 5.28. The molecule has 0 radical (unpaired) electrons. The number of ether oxygens (including phenoxy) is 1. The first-order valence-electron chi connectivity index (χ1n) is 9.53. The zero-order chi connectivity index (χ0) is 21.5. The highest BCUT2D eigenvalue weighted by Crippen LogP contribution is 2.33. The van der Waals surface area contributed by atoms with E-state index < -0.39 is 27.8 Å². The number of hydrogen-bond donors (Lipinski definition) is 1. The molecule has 158 valence electrons. The van der Waals surface area contributed by atoms with Crippen LogP contribution in [-0.2, 0) is 19.6 Å². The number of rotatable bonds is 6. The summed E-state index contributed by atoms with van der Waals surface area (Å²) in [6.07, 6.45) is -0.0660. The summed E-state index contributed by atoms with van der Waals surface area (Å²) in [7, 11) is -3.84. The molecule has 0 saturated carbocycles. The summed E-state index contributed by atoms with van der Waals surface area (Å²) in [4.78, 5) is 37.7. The fourth-order valence-electron chi connectivity index (χ4n) is 3.81. The Morgan fingerprint density at radius 1 is 1.07 bits per heavy atom. The fraction of sp³-hybridized carbons (Fsp3) is 0.350. The Kier molecular flexibility index (Phi) is 5.31. The summed E-state index contributed by atoms with van der Waals surface area (Å²) in [5.74, 6) is -2.14. The number of aliphatic carboxylic acids is 1. The van der Waals surface area contributed by atoms with E-state index in [4.69, 9.17) is 9.84 Å². The summed E-state index contributed by atoms with van der Waals surface area (Å²) >= 11 is 0. The van der Waals surface area contributed by atoms with Crippen LogP contribution < -0.4 is 0 Å². The van der Waals surface area contributed by atoms with Gasteiger partial charge < -0.3 is 9.84 Å². The molecule has 1 fully saturated rings. The highest BCUT2D eigenvalue weighted by molar-refractivity contribution is 7.89. The molecule has 0 aliphatic carbocycles. The maximum Gasteiger partial charge on any atom is 0.303 e. The number of morpholine rings is 1. The van der Waals surface area contributed by atoms with Crippen LogP contribution >= 0.6 is 0 Å². The van der Waals surface area contributed by atoms with Crippen molar-refractivity contribution in [1.82, 2.24) is 9.21 Å². The topological polar surface area (TPSA) is 121 Å². The van der Waals surface area contributed by atoms with Gasteiger partial charge in [0.25, 0.3) is 11.8 Å². The lowest BCUT2D eigenvalue weighted by Gasteiger charge is -2.29. The summed E-state index contributed by atoms with van der Waals surface area (Å²) in [5.41, 5.74) is 0.428. The summed E-state index contributed by atoms with van der Waals surface area (Å²) < 4.78 is 32.8. The normalized spacial score (nSPS) is 17.5. The smallest absolute Gasteiger partial charge is 0.303 e. The number of imide groups is 1. The van der Waals surface area contributed by atoms with Gasteiger partial charge in [0, 0.05) is 42.6 Å². The Hall–Kier alpha value is -2.82. The monoisotopic (exact) mass is 432 g/mol. The van der Waals surface area contributed by atoms with Gasteiger partial charge in [-0.25, -0.2) is 8.42 Å². The Morgan fingerprint density at radius 2 is 1.77 bits per heavy atom. The summed E-state index contributed by atoms with van der Waals surface area (Å²) in [6.45, 7) is 0.996. The average molecular weight is 432 g/mol. The number of carboxylic acids is 1. The van der Waals surface area contributed by atoms with E-state index in [0.717, 1.165) is 4.90 Å². The zero-order valence-corrected chi connectivity index (χ0v) is 16.9. The maximum atomic E-state index is 13.1. The lowest BCUT2D eigenvalue weighted by molar-refractivity contribution is -0.137. The largest absolute Gasteiger partial charge is 0.481 e. The Morgan fingerprint density at radius 3 is 2.47 bits per heavy atom. The minimum atomic E-state index is -3.84. The molecule has 2 aromatic rings. The zero-order valence-electron chi connectivity index (χ0n) is 16.0. The molecule has 0 unspecified atom stereocenters. The number of amides is 2. The van der Waals surface area contributed by atoms with Gasteiger partial charge >= 0.3 is 5.97 Å². The van der Waals surface area contributed by atoms with Crippen molar-refractivity contribution in [2.75, 3.05) is 32.8 Å². The molecule has 2 aliphatic rings. The van der Waals surface area contributed by atoms with Gasteiger partial charge in [-0.1, -0.05) is 12.1 Å². The summed E-state index contributed by atoms with van der Waals surface area (Å²) in [5, 5.41) is 9.75. The van der Waals surface area contributed by atoms with Gasteiger partial charge in [-0.3, -0.25) is 19.3 Å². The molecule has 2 amide bonds. The van der Waals surface area contributed by atoms with Crippen LogP contribution in [-0.4, -0.2) is 73.4 Å². The Balaban J connectivity index is 1.79. The molecule has 1 saturated heterocycles. The second-order valence-corrected chi connectivity index (χ2v) is 9.09. The molecule has 1 N–H and O–H groups in total. The van der Waals surface area contributed by atoms with E-state index in [-0.39, 0.29) is 42.9 Å². The van der Waals surface area contributed by atoms with E-state index in [1.807, 2.05) is 0 Å². The van der Waals surface area contributed by atoms with Crippen molar-refractivity contribution in [3.63, 3.8) is 0 Å². The SMILES string of the molecule is O=C(O)CCCN1C(=O)c2cccc3cc(S(=O)(=O)N4CCOCC4)cc(c23)C1=O. The molecule has 10 heteroatoms. The van der Waals surface area contributed by atoms with Gasteiger partial charge in [-0.15, -0.1) is 0 Å². The van der Waals surface area contributed by atoms with Crippen molar-refractivity contribution in [3.8, 4) is 0 Å². The van der Waals surface area contributed by atoms with Gasteiger partial charge in [0.2, 0.25) is 10.0 Å². The van der Waals surface area contributed by atoms with E-state index in [2.05, 4.69) is 0 Å². The van der Waals surface area contributed by atoms with Crippen molar-refractivity contribution in [3.05, 3.63) is 41.5 Å².